The number of fused-ring (bicyclic) bond motifs is 1. The smallest absolute Gasteiger partial charge is 0.399 e. The Morgan fingerprint density at radius 1 is 0.914 bits per heavy atom. The Hall–Kier alpha value is -2.44. The summed E-state index contributed by atoms with van der Waals surface area (Å²) in [5.74, 6) is -1.36. The van der Waals surface area contributed by atoms with Crippen molar-refractivity contribution in [3.05, 3.63) is 41.7 Å². The quantitative estimate of drug-likeness (QED) is 0.605. The van der Waals surface area contributed by atoms with Crippen LogP contribution in [0.25, 0.3) is 0 Å². The molecule has 2 aliphatic heterocycles. The molecular weight excluding hydrogens is 486 g/mol. The van der Waals surface area contributed by atoms with Crippen molar-refractivity contribution in [1.29, 1.82) is 0 Å². The van der Waals surface area contributed by atoms with Crippen LogP contribution in [0, 0.1) is 5.82 Å². The summed E-state index contributed by atoms with van der Waals surface area (Å²) in [6.45, 7) is 12.6. The number of hydrogen-bond donors (Lipinski definition) is 1. The minimum Gasteiger partial charge on any atom is -0.399 e. The van der Waals surface area contributed by atoms with Gasteiger partial charge >= 0.3 is 13.4 Å². The highest BCUT2D eigenvalue weighted by molar-refractivity contribution is 7.92. The van der Waals surface area contributed by atoms with Crippen LogP contribution in [0.15, 0.2) is 35.2 Å². The monoisotopic (exact) mass is 513 g/mol. The van der Waals surface area contributed by atoms with E-state index in [0.717, 1.165) is 12.1 Å². The molecule has 2 heterocycles. The average Bonchev–Trinajstić information content (AvgIpc) is 3.08. The molecule has 0 aliphatic carbocycles. The van der Waals surface area contributed by atoms with Crippen molar-refractivity contribution in [2.24, 2.45) is 0 Å². The Morgan fingerprint density at radius 2 is 1.46 bits per heavy atom. The van der Waals surface area contributed by atoms with Gasteiger partial charge in [-0.3, -0.25) is 4.72 Å². The van der Waals surface area contributed by atoms with E-state index in [1.54, 1.807) is 48.5 Å². The summed E-state index contributed by atoms with van der Waals surface area (Å²) in [5.41, 5.74) is -1.81. The normalized spacial score (nSPS) is 20.2. The molecule has 2 aliphatic rings. The number of rotatable bonds is 4. The molecule has 35 heavy (non-hydrogen) atoms. The highest BCUT2D eigenvalue weighted by atomic mass is 32.2. The maximum absolute atomic E-state index is 14.7. The summed E-state index contributed by atoms with van der Waals surface area (Å²) in [6, 6.07) is 5.84. The fourth-order valence-corrected chi connectivity index (χ4v) is 4.83. The van der Waals surface area contributed by atoms with Gasteiger partial charge < -0.3 is 18.8 Å². The lowest BCUT2D eigenvalue weighted by atomic mass is 9.77. The van der Waals surface area contributed by atoms with Crippen LogP contribution in [0.4, 0.5) is 18.9 Å². The van der Waals surface area contributed by atoms with Crippen molar-refractivity contribution in [1.82, 2.24) is 0 Å². The third-order valence-electron chi connectivity index (χ3n) is 6.38. The largest absolute Gasteiger partial charge is 0.586 e. The van der Waals surface area contributed by atoms with Crippen LogP contribution in [-0.2, 0) is 24.7 Å². The molecule has 12 heteroatoms. The van der Waals surface area contributed by atoms with Crippen molar-refractivity contribution < 1.29 is 40.4 Å². The Bertz CT molecular complexity index is 1270. The highest BCUT2D eigenvalue weighted by Gasteiger charge is 2.53. The first-order valence-corrected chi connectivity index (χ1v) is 12.4. The molecule has 0 aromatic heterocycles. The van der Waals surface area contributed by atoms with Gasteiger partial charge in [0, 0.05) is 11.5 Å². The van der Waals surface area contributed by atoms with E-state index in [1.165, 1.54) is 18.2 Å². The molecule has 1 saturated heterocycles. The van der Waals surface area contributed by atoms with E-state index in [4.69, 9.17) is 9.31 Å². The number of nitrogens with one attached hydrogen (secondary N) is 1. The molecule has 1 N–H and O–H groups in total. The first-order chi connectivity index (χ1) is 15.8. The Morgan fingerprint density at radius 3 is 1.97 bits per heavy atom. The molecule has 1 fully saturated rings. The lowest BCUT2D eigenvalue weighted by Gasteiger charge is -2.32. The zero-order valence-corrected chi connectivity index (χ0v) is 21.3. The van der Waals surface area contributed by atoms with Crippen LogP contribution < -0.4 is 19.7 Å². The predicted molar refractivity (Wildman–Crippen MR) is 124 cm³/mol. The molecule has 0 amide bonds. The third-order valence-corrected chi connectivity index (χ3v) is 7.75. The molecule has 4 rings (SSSR count). The maximum atomic E-state index is 14.7. The molecule has 0 atom stereocenters. The van der Waals surface area contributed by atoms with Crippen LogP contribution in [0.1, 0.15) is 54.0 Å². The predicted octanol–water partition coefficient (Wildman–Crippen LogP) is 4.54. The minimum absolute atomic E-state index is 0.0964. The summed E-state index contributed by atoms with van der Waals surface area (Å²) >= 11 is 0. The van der Waals surface area contributed by atoms with Crippen LogP contribution >= 0.6 is 0 Å². The third kappa shape index (κ3) is 4.71. The molecule has 7 nitrogen and oxygen atoms in total. The van der Waals surface area contributed by atoms with Gasteiger partial charge in [0.2, 0.25) is 0 Å². The van der Waals surface area contributed by atoms with Crippen molar-refractivity contribution >= 4 is 28.3 Å². The lowest BCUT2D eigenvalue weighted by molar-refractivity contribution is -0.286. The highest BCUT2D eigenvalue weighted by Crippen LogP contribution is 2.44. The molecule has 0 bridgehead atoms. The molecule has 0 unspecified atom stereocenters. The van der Waals surface area contributed by atoms with E-state index in [2.05, 4.69) is 14.2 Å². The summed E-state index contributed by atoms with van der Waals surface area (Å²) in [7, 11) is -5.45. The molecule has 190 valence electrons. The zero-order valence-electron chi connectivity index (χ0n) is 20.5. The van der Waals surface area contributed by atoms with Gasteiger partial charge in [-0.25, -0.2) is 12.8 Å². The van der Waals surface area contributed by atoms with Crippen LogP contribution in [0.3, 0.4) is 0 Å². The number of anilines is 1. The topological polar surface area (TPSA) is 83.1 Å². The summed E-state index contributed by atoms with van der Waals surface area (Å²) in [4.78, 5) is -0.342. The fraction of sp³-hybridized carbons (Fsp3) is 0.478. The van der Waals surface area contributed by atoms with E-state index >= 15 is 0 Å². The molecule has 0 radical (unpaired) electrons. The second kappa shape index (κ2) is 7.78. The molecule has 0 spiro atoms. The van der Waals surface area contributed by atoms with E-state index in [1.807, 2.05) is 0 Å². The molecule has 2 aromatic rings. The zero-order chi connectivity index (χ0) is 26.2. The van der Waals surface area contributed by atoms with Crippen molar-refractivity contribution in [2.45, 2.75) is 76.3 Å². The number of sulfonamides is 1. The summed E-state index contributed by atoms with van der Waals surface area (Å²) in [5, 5.41) is 0. The number of benzene rings is 2. The van der Waals surface area contributed by atoms with Gasteiger partial charge in [0.15, 0.2) is 11.5 Å². The van der Waals surface area contributed by atoms with Gasteiger partial charge in [0.1, 0.15) is 5.82 Å². The minimum atomic E-state index is -4.34. The van der Waals surface area contributed by atoms with E-state index in [9.17, 15) is 21.6 Å². The standard InChI is InChI=1S/C23H27BF3NO6S/c1-20(2,3)14-9-8-13(10-16(14)25)35(29,30)28-17-12-19-18(31-23(26,27)32-19)11-15(17)24-33-21(4,5)22(6,7)34-24/h8-12,28H,1-7H3. The Balaban J connectivity index is 1.76. The van der Waals surface area contributed by atoms with Crippen molar-refractivity contribution in [2.75, 3.05) is 4.72 Å². The molecular formula is C23H27BF3NO6S. The fourth-order valence-electron chi connectivity index (χ4n) is 3.74. The van der Waals surface area contributed by atoms with Gasteiger partial charge in [-0.1, -0.05) is 26.8 Å². The number of halogens is 3. The van der Waals surface area contributed by atoms with Gasteiger partial charge in [-0.15, -0.1) is 8.78 Å². The summed E-state index contributed by atoms with van der Waals surface area (Å²) < 4.78 is 91.9. The Labute approximate surface area is 203 Å². The first-order valence-electron chi connectivity index (χ1n) is 10.9. The van der Waals surface area contributed by atoms with Gasteiger partial charge in [-0.05, 0) is 56.9 Å². The Kier molecular flexibility index (Phi) is 5.70. The van der Waals surface area contributed by atoms with Crippen molar-refractivity contribution in [3.8, 4) is 11.5 Å². The van der Waals surface area contributed by atoms with Gasteiger partial charge in [-0.2, -0.15) is 0 Å². The summed E-state index contributed by atoms with van der Waals surface area (Å²) in [6.07, 6.45) is -3.92. The number of hydrogen-bond acceptors (Lipinski definition) is 6. The second-order valence-electron chi connectivity index (χ2n) is 10.6. The van der Waals surface area contributed by atoms with Crippen LogP contribution in [-0.4, -0.2) is 33.0 Å². The second-order valence-corrected chi connectivity index (χ2v) is 12.3. The number of ether oxygens (including phenoxy) is 2. The van der Waals surface area contributed by atoms with E-state index in [-0.39, 0.29) is 27.5 Å². The lowest BCUT2D eigenvalue weighted by Crippen LogP contribution is -2.41. The maximum Gasteiger partial charge on any atom is 0.586 e. The number of alkyl halides is 2. The average molecular weight is 513 g/mol. The van der Waals surface area contributed by atoms with Gasteiger partial charge in [0.25, 0.3) is 10.0 Å². The molecule has 0 saturated carbocycles. The van der Waals surface area contributed by atoms with Gasteiger partial charge in [0.05, 0.1) is 21.8 Å². The van der Waals surface area contributed by atoms with Crippen molar-refractivity contribution in [3.63, 3.8) is 0 Å². The van der Waals surface area contributed by atoms with Crippen LogP contribution in [0.5, 0.6) is 11.5 Å². The SMILES string of the molecule is CC(C)(C)c1ccc(S(=O)(=O)Nc2cc3c(cc2B2OC(C)(C)C(C)(C)O2)OC(F)(F)O3)cc1F. The van der Waals surface area contributed by atoms with E-state index in [0.29, 0.717) is 5.56 Å². The van der Waals surface area contributed by atoms with Crippen LogP contribution in [0.2, 0.25) is 0 Å². The first kappa shape index (κ1) is 25.7. The molecule has 2 aromatic carbocycles. The van der Waals surface area contributed by atoms with E-state index < -0.39 is 45.9 Å².